The molecule has 0 saturated carbocycles. The van der Waals surface area contributed by atoms with Gasteiger partial charge in [0.15, 0.2) is 0 Å². The molecule has 128 valence electrons. The van der Waals surface area contributed by atoms with Crippen molar-refractivity contribution in [2.24, 2.45) is 0 Å². The molecule has 1 aliphatic rings. The highest BCUT2D eigenvalue weighted by atomic mass is 32.2. The van der Waals surface area contributed by atoms with Gasteiger partial charge in [0.25, 0.3) is 5.91 Å². The van der Waals surface area contributed by atoms with Crippen LogP contribution in [0.3, 0.4) is 0 Å². The van der Waals surface area contributed by atoms with Gasteiger partial charge in [-0.3, -0.25) is 9.69 Å². The molecule has 1 aromatic rings. The van der Waals surface area contributed by atoms with Crippen LogP contribution in [-0.2, 0) is 14.8 Å². The van der Waals surface area contributed by atoms with E-state index in [-0.39, 0.29) is 16.8 Å². The van der Waals surface area contributed by atoms with Gasteiger partial charge in [0.1, 0.15) is 0 Å². The van der Waals surface area contributed by atoms with Crippen LogP contribution in [0.5, 0.6) is 0 Å². The van der Waals surface area contributed by atoms with E-state index in [1.807, 2.05) is 6.92 Å². The minimum atomic E-state index is -3.60. The molecule has 23 heavy (non-hydrogen) atoms. The van der Waals surface area contributed by atoms with E-state index in [4.69, 9.17) is 4.74 Å². The zero-order valence-corrected chi connectivity index (χ0v) is 14.2. The number of morpholine rings is 1. The van der Waals surface area contributed by atoms with Crippen LogP contribution in [0.2, 0.25) is 0 Å². The van der Waals surface area contributed by atoms with E-state index in [2.05, 4.69) is 14.9 Å². The number of rotatable bonds is 6. The van der Waals surface area contributed by atoms with Crippen molar-refractivity contribution in [3.05, 3.63) is 29.8 Å². The molecule has 1 aromatic carbocycles. The van der Waals surface area contributed by atoms with Crippen molar-refractivity contribution in [2.75, 3.05) is 39.9 Å². The Morgan fingerprint density at radius 1 is 1.26 bits per heavy atom. The van der Waals surface area contributed by atoms with Crippen LogP contribution in [0, 0.1) is 0 Å². The highest BCUT2D eigenvalue weighted by molar-refractivity contribution is 7.89. The summed E-state index contributed by atoms with van der Waals surface area (Å²) in [6.07, 6.45) is 0. The summed E-state index contributed by atoms with van der Waals surface area (Å²) < 4.78 is 32.7. The van der Waals surface area contributed by atoms with E-state index in [9.17, 15) is 13.2 Å². The third-order valence-corrected chi connectivity index (χ3v) is 5.25. The van der Waals surface area contributed by atoms with E-state index >= 15 is 0 Å². The molecule has 1 amide bonds. The average molecular weight is 341 g/mol. The number of hydrogen-bond donors (Lipinski definition) is 2. The van der Waals surface area contributed by atoms with Gasteiger partial charge in [-0.15, -0.1) is 0 Å². The molecular formula is C15H23N3O4S. The van der Waals surface area contributed by atoms with Gasteiger partial charge in [0.05, 0.1) is 18.1 Å². The SMILES string of the molecule is CNC(=O)c1ccc(S(=O)(=O)NC(C)CN2CCOCC2)cc1. The van der Waals surface area contributed by atoms with Crippen LogP contribution in [0.1, 0.15) is 17.3 Å². The Bertz CT molecular complexity index is 625. The molecule has 0 bridgehead atoms. The first-order chi connectivity index (χ1) is 10.9. The predicted octanol–water partition coefficient (Wildman–Crippen LogP) is 0.0452. The van der Waals surface area contributed by atoms with E-state index in [0.717, 1.165) is 13.1 Å². The number of ether oxygens (including phenoxy) is 1. The summed E-state index contributed by atoms with van der Waals surface area (Å²) in [5.74, 6) is -0.248. The van der Waals surface area contributed by atoms with Crippen molar-refractivity contribution < 1.29 is 17.9 Å². The molecular weight excluding hydrogens is 318 g/mol. The summed E-state index contributed by atoms with van der Waals surface area (Å²) in [5.41, 5.74) is 0.424. The summed E-state index contributed by atoms with van der Waals surface area (Å²) in [4.78, 5) is 13.8. The molecule has 8 heteroatoms. The molecule has 1 aliphatic heterocycles. The number of amides is 1. The second-order valence-corrected chi connectivity index (χ2v) is 7.25. The largest absolute Gasteiger partial charge is 0.379 e. The van der Waals surface area contributed by atoms with E-state index in [1.165, 1.54) is 31.3 Å². The molecule has 1 heterocycles. The molecule has 7 nitrogen and oxygen atoms in total. The van der Waals surface area contributed by atoms with Gasteiger partial charge < -0.3 is 10.1 Å². The molecule has 1 unspecified atom stereocenters. The van der Waals surface area contributed by atoms with E-state index in [1.54, 1.807) is 0 Å². The highest BCUT2D eigenvalue weighted by Gasteiger charge is 2.20. The molecule has 2 rings (SSSR count). The van der Waals surface area contributed by atoms with Gasteiger partial charge in [0, 0.05) is 38.3 Å². The number of sulfonamides is 1. The van der Waals surface area contributed by atoms with Crippen molar-refractivity contribution in [1.29, 1.82) is 0 Å². The molecule has 1 saturated heterocycles. The number of benzene rings is 1. The smallest absolute Gasteiger partial charge is 0.251 e. The second kappa shape index (κ2) is 7.87. The Balaban J connectivity index is 1.98. The van der Waals surface area contributed by atoms with Gasteiger partial charge in [-0.05, 0) is 31.2 Å². The fourth-order valence-corrected chi connectivity index (χ4v) is 3.71. The van der Waals surface area contributed by atoms with Crippen molar-refractivity contribution in [3.63, 3.8) is 0 Å². The van der Waals surface area contributed by atoms with Crippen LogP contribution in [0.4, 0.5) is 0 Å². The Hall–Kier alpha value is -1.48. The fourth-order valence-electron chi connectivity index (χ4n) is 2.47. The number of hydrogen-bond acceptors (Lipinski definition) is 5. The lowest BCUT2D eigenvalue weighted by Gasteiger charge is -2.29. The van der Waals surface area contributed by atoms with Crippen LogP contribution >= 0.6 is 0 Å². The normalized spacial score (nSPS) is 17.7. The van der Waals surface area contributed by atoms with Crippen molar-refractivity contribution in [1.82, 2.24) is 14.9 Å². The summed E-state index contributed by atoms with van der Waals surface area (Å²) in [6, 6.07) is 5.67. The maximum atomic E-state index is 12.4. The van der Waals surface area contributed by atoms with Gasteiger partial charge in [-0.2, -0.15) is 0 Å². The van der Waals surface area contributed by atoms with Crippen molar-refractivity contribution >= 4 is 15.9 Å². The predicted molar refractivity (Wildman–Crippen MR) is 86.9 cm³/mol. The summed E-state index contributed by atoms with van der Waals surface area (Å²) >= 11 is 0. The quantitative estimate of drug-likeness (QED) is 0.763. The Kier molecular flexibility index (Phi) is 6.11. The van der Waals surface area contributed by atoms with Crippen LogP contribution < -0.4 is 10.0 Å². The molecule has 0 radical (unpaired) electrons. The average Bonchev–Trinajstić information content (AvgIpc) is 2.54. The molecule has 2 N–H and O–H groups in total. The zero-order valence-electron chi connectivity index (χ0n) is 13.4. The van der Waals surface area contributed by atoms with Gasteiger partial charge in [-0.25, -0.2) is 13.1 Å². The first-order valence-corrected chi connectivity index (χ1v) is 9.05. The summed E-state index contributed by atoms with van der Waals surface area (Å²) in [7, 11) is -2.07. The Labute approximate surface area is 137 Å². The lowest BCUT2D eigenvalue weighted by atomic mass is 10.2. The Morgan fingerprint density at radius 3 is 2.43 bits per heavy atom. The molecule has 0 aliphatic carbocycles. The van der Waals surface area contributed by atoms with Crippen LogP contribution in [-0.4, -0.2) is 65.2 Å². The molecule has 0 spiro atoms. The van der Waals surface area contributed by atoms with Crippen LogP contribution in [0.15, 0.2) is 29.2 Å². The number of carbonyl (C=O) groups is 1. The third-order valence-electron chi connectivity index (χ3n) is 3.65. The monoisotopic (exact) mass is 341 g/mol. The van der Waals surface area contributed by atoms with Gasteiger partial charge in [-0.1, -0.05) is 0 Å². The van der Waals surface area contributed by atoms with Gasteiger partial charge >= 0.3 is 0 Å². The van der Waals surface area contributed by atoms with Crippen molar-refractivity contribution in [2.45, 2.75) is 17.9 Å². The lowest BCUT2D eigenvalue weighted by Crippen LogP contribution is -2.45. The standard InChI is InChI=1S/C15H23N3O4S/c1-12(11-18-7-9-22-10-8-18)17-23(20,21)14-5-3-13(4-6-14)15(19)16-2/h3-6,12,17H,7-11H2,1-2H3,(H,16,19). The van der Waals surface area contributed by atoms with E-state index in [0.29, 0.717) is 25.3 Å². The van der Waals surface area contributed by atoms with Gasteiger partial charge in [0.2, 0.25) is 10.0 Å². The number of nitrogens with zero attached hydrogens (tertiary/aromatic N) is 1. The minimum absolute atomic E-state index is 0.152. The summed E-state index contributed by atoms with van der Waals surface area (Å²) in [5, 5.41) is 2.50. The lowest BCUT2D eigenvalue weighted by molar-refractivity contribution is 0.0354. The number of nitrogens with one attached hydrogen (secondary N) is 2. The maximum absolute atomic E-state index is 12.4. The second-order valence-electron chi connectivity index (χ2n) is 5.54. The van der Waals surface area contributed by atoms with Crippen LogP contribution in [0.25, 0.3) is 0 Å². The minimum Gasteiger partial charge on any atom is -0.379 e. The zero-order chi connectivity index (χ0) is 16.9. The summed E-state index contributed by atoms with van der Waals surface area (Å²) in [6.45, 7) is 5.46. The molecule has 1 fully saturated rings. The molecule has 0 aromatic heterocycles. The first kappa shape index (κ1) is 17.9. The third kappa shape index (κ3) is 5.00. The maximum Gasteiger partial charge on any atom is 0.251 e. The number of carbonyl (C=O) groups excluding carboxylic acids is 1. The van der Waals surface area contributed by atoms with Crippen molar-refractivity contribution in [3.8, 4) is 0 Å². The first-order valence-electron chi connectivity index (χ1n) is 7.57. The molecule has 1 atom stereocenters. The Morgan fingerprint density at radius 2 is 1.87 bits per heavy atom. The highest BCUT2D eigenvalue weighted by Crippen LogP contribution is 2.11. The topological polar surface area (TPSA) is 87.7 Å². The fraction of sp³-hybridized carbons (Fsp3) is 0.533. The van der Waals surface area contributed by atoms with E-state index < -0.39 is 10.0 Å².